The molecule has 150 valence electrons. The maximum atomic E-state index is 11.5. The Morgan fingerprint density at radius 2 is 1.82 bits per heavy atom. The van der Waals surface area contributed by atoms with Gasteiger partial charge in [0.05, 0.1) is 0 Å². The fourth-order valence-corrected chi connectivity index (χ4v) is 6.98. The molecule has 6 fully saturated rings. The maximum Gasteiger partial charge on any atom is 0.274 e. The minimum Gasteiger partial charge on any atom is -0.312 e. The van der Waals surface area contributed by atoms with E-state index < -0.39 is 17.5 Å². The number of ether oxygens (including phenoxy) is 1. The van der Waals surface area contributed by atoms with Gasteiger partial charge in [0.1, 0.15) is 0 Å². The maximum absolute atomic E-state index is 11.5. The van der Waals surface area contributed by atoms with Crippen molar-refractivity contribution in [3.05, 3.63) is 35.4 Å². The van der Waals surface area contributed by atoms with Crippen molar-refractivity contribution in [1.29, 1.82) is 0 Å². The Hall–Kier alpha value is -1.47. The van der Waals surface area contributed by atoms with Gasteiger partial charge in [-0.25, -0.2) is 5.48 Å². The van der Waals surface area contributed by atoms with Crippen LogP contribution in [0.25, 0.3) is 0 Å². The smallest absolute Gasteiger partial charge is 0.274 e. The van der Waals surface area contributed by atoms with Crippen molar-refractivity contribution in [2.24, 2.45) is 23.7 Å². The molecule has 1 aromatic rings. The molecule has 4 bridgehead atoms. The number of hydrogen-bond donors (Lipinski definition) is 2. The monoisotopic (exact) mass is 385 g/mol. The molecule has 7 rings (SSSR count). The molecule has 28 heavy (non-hydrogen) atoms. The number of hydrogen-bond acceptors (Lipinski definition) is 5. The zero-order valence-corrected chi connectivity index (χ0v) is 15.9. The van der Waals surface area contributed by atoms with Gasteiger partial charge < -0.3 is 4.74 Å². The molecule has 6 aliphatic rings. The fraction of sp³-hybridized carbons (Fsp3) is 0.682. The minimum atomic E-state index is -0.574. The summed E-state index contributed by atoms with van der Waals surface area (Å²) < 4.78 is 6.73. The molecule has 6 nitrogen and oxygen atoms in total. The quantitative estimate of drug-likeness (QED) is 0.459. The highest BCUT2D eigenvalue weighted by atomic mass is 17.3. The number of hydroxylamine groups is 1. The average molecular weight is 385 g/mol. The highest BCUT2D eigenvalue weighted by molar-refractivity contribution is 5.93. The fourth-order valence-electron chi connectivity index (χ4n) is 6.98. The van der Waals surface area contributed by atoms with Gasteiger partial charge in [-0.05, 0) is 74.0 Å². The molecule has 1 aromatic carbocycles. The molecule has 2 N–H and O–H groups in total. The van der Waals surface area contributed by atoms with Crippen molar-refractivity contribution in [3.8, 4) is 0 Å². The van der Waals surface area contributed by atoms with E-state index in [0.717, 1.165) is 37.5 Å². The zero-order valence-electron chi connectivity index (χ0n) is 15.9. The first-order valence-electron chi connectivity index (χ1n) is 10.7. The molecule has 5 aliphatic carbocycles. The van der Waals surface area contributed by atoms with E-state index in [0.29, 0.717) is 23.3 Å². The van der Waals surface area contributed by atoms with E-state index in [9.17, 15) is 4.79 Å². The molecule has 5 saturated carbocycles. The summed E-state index contributed by atoms with van der Waals surface area (Å²) in [6.45, 7) is 0. The lowest BCUT2D eigenvalue weighted by Gasteiger charge is -2.40. The molecule has 5 unspecified atom stereocenters. The van der Waals surface area contributed by atoms with Crippen molar-refractivity contribution in [3.63, 3.8) is 0 Å². The third kappa shape index (κ3) is 2.38. The molecule has 1 saturated heterocycles. The van der Waals surface area contributed by atoms with Crippen LogP contribution in [0, 0.1) is 23.7 Å². The van der Waals surface area contributed by atoms with E-state index in [4.69, 9.17) is 19.7 Å². The van der Waals surface area contributed by atoms with E-state index >= 15 is 0 Å². The molecule has 0 aromatic heterocycles. The van der Waals surface area contributed by atoms with E-state index in [2.05, 4.69) is 0 Å². The van der Waals surface area contributed by atoms with E-state index in [1.807, 2.05) is 12.1 Å². The second kappa shape index (κ2) is 6.02. The molecular weight excluding hydrogens is 358 g/mol. The third-order valence-electron chi connectivity index (χ3n) is 8.25. The number of carbonyl (C=O) groups excluding carboxylic acids is 1. The van der Waals surface area contributed by atoms with Gasteiger partial charge in [-0.3, -0.25) is 10.0 Å². The summed E-state index contributed by atoms with van der Waals surface area (Å²) in [5.41, 5.74) is 3.35. The van der Waals surface area contributed by atoms with Gasteiger partial charge in [0, 0.05) is 30.2 Å². The van der Waals surface area contributed by atoms with Crippen LogP contribution < -0.4 is 5.48 Å². The molecule has 2 spiro atoms. The molecule has 0 radical (unpaired) electrons. The van der Waals surface area contributed by atoms with Crippen LogP contribution in [0.5, 0.6) is 0 Å². The topological polar surface area (TPSA) is 77.0 Å². The highest BCUT2D eigenvalue weighted by Gasteiger charge is 2.70. The largest absolute Gasteiger partial charge is 0.312 e. The Bertz CT molecular complexity index is 783. The van der Waals surface area contributed by atoms with Gasteiger partial charge in [-0.1, -0.05) is 12.1 Å². The van der Waals surface area contributed by atoms with E-state index in [1.165, 1.54) is 31.2 Å². The first kappa shape index (κ1) is 17.4. The van der Waals surface area contributed by atoms with Gasteiger partial charge in [0.15, 0.2) is 0 Å². The lowest BCUT2D eigenvalue weighted by atomic mass is 9.77. The van der Waals surface area contributed by atoms with Gasteiger partial charge in [0.25, 0.3) is 5.91 Å². The highest BCUT2D eigenvalue weighted by Crippen LogP contribution is 2.67. The van der Waals surface area contributed by atoms with Crippen LogP contribution in [-0.2, 0) is 14.5 Å². The van der Waals surface area contributed by atoms with Gasteiger partial charge in [0.2, 0.25) is 11.6 Å². The van der Waals surface area contributed by atoms with Crippen molar-refractivity contribution in [1.82, 2.24) is 5.48 Å². The Morgan fingerprint density at radius 3 is 2.54 bits per heavy atom. The summed E-state index contributed by atoms with van der Waals surface area (Å²) in [7, 11) is 0. The number of benzene rings is 1. The second-order valence-electron chi connectivity index (χ2n) is 9.61. The number of nitrogens with one attached hydrogen (secondary N) is 1. The molecule has 6 heteroatoms. The number of amides is 1. The molecule has 1 heterocycles. The van der Waals surface area contributed by atoms with Crippen LogP contribution in [0.15, 0.2) is 24.3 Å². The van der Waals surface area contributed by atoms with Crippen molar-refractivity contribution >= 4 is 5.91 Å². The lowest BCUT2D eigenvalue weighted by molar-refractivity contribution is -0.370. The summed E-state index contributed by atoms with van der Waals surface area (Å²) in [5.74, 6) is 1.60. The first-order chi connectivity index (χ1) is 13.6. The normalized spacial score (nSPS) is 46.0. The number of rotatable bonds is 2. The summed E-state index contributed by atoms with van der Waals surface area (Å²) in [4.78, 5) is 23.5. The van der Waals surface area contributed by atoms with Crippen LogP contribution in [0.4, 0.5) is 0 Å². The zero-order chi connectivity index (χ0) is 18.9. The Labute approximate surface area is 164 Å². The van der Waals surface area contributed by atoms with Crippen LogP contribution in [0.1, 0.15) is 73.2 Å². The first-order valence-corrected chi connectivity index (χ1v) is 10.7. The van der Waals surface area contributed by atoms with E-state index in [1.54, 1.807) is 17.6 Å². The standard InChI is InChI=1S/C22H27NO5/c24-20(23-25)16-3-1-14(2-4-16)15-5-7-21(8-6-15)26-22(28-27-21)18-10-13-9-17(12-18)19(22)11-13/h1-4,13,15,17-19,25H,5-12H2,(H,23,24). The minimum absolute atomic E-state index is 0.427. The summed E-state index contributed by atoms with van der Waals surface area (Å²) in [6, 6.07) is 7.49. The molecular formula is C22H27NO5. The van der Waals surface area contributed by atoms with Crippen LogP contribution in [0.2, 0.25) is 0 Å². The van der Waals surface area contributed by atoms with Crippen LogP contribution >= 0.6 is 0 Å². The third-order valence-corrected chi connectivity index (χ3v) is 8.25. The molecule has 1 amide bonds. The Morgan fingerprint density at radius 1 is 1.04 bits per heavy atom. The van der Waals surface area contributed by atoms with Crippen molar-refractivity contribution in [2.45, 2.75) is 68.9 Å². The predicted molar refractivity (Wildman–Crippen MR) is 98.0 cm³/mol. The van der Waals surface area contributed by atoms with Crippen molar-refractivity contribution in [2.75, 3.05) is 0 Å². The lowest BCUT2D eigenvalue weighted by Crippen LogP contribution is -2.47. The van der Waals surface area contributed by atoms with Gasteiger partial charge in [-0.2, -0.15) is 9.78 Å². The Kier molecular flexibility index (Phi) is 3.74. The second-order valence-corrected chi connectivity index (χ2v) is 9.61. The Balaban J connectivity index is 1.14. The van der Waals surface area contributed by atoms with E-state index in [-0.39, 0.29) is 0 Å². The molecule has 5 atom stereocenters. The summed E-state index contributed by atoms with van der Waals surface area (Å²) in [6.07, 6.45) is 8.72. The average Bonchev–Trinajstić information content (AvgIpc) is 3.31. The summed E-state index contributed by atoms with van der Waals surface area (Å²) >= 11 is 0. The predicted octanol–water partition coefficient (Wildman–Crippen LogP) is 3.90. The molecule has 1 aliphatic heterocycles. The van der Waals surface area contributed by atoms with Gasteiger partial charge >= 0.3 is 0 Å². The summed E-state index contributed by atoms with van der Waals surface area (Å²) in [5, 5.41) is 8.75. The SMILES string of the molecule is O=C(NO)c1ccc(C2CCC3(CC2)OOC2(O3)C3CC4CC(C3)C2C4)cc1. The van der Waals surface area contributed by atoms with Gasteiger partial charge in [-0.15, -0.1) is 0 Å². The number of carbonyl (C=O) groups is 1. The van der Waals surface area contributed by atoms with Crippen LogP contribution in [-0.4, -0.2) is 22.7 Å². The van der Waals surface area contributed by atoms with Crippen molar-refractivity contribution < 1.29 is 24.5 Å². The van der Waals surface area contributed by atoms with Crippen LogP contribution in [0.3, 0.4) is 0 Å².